The molecule has 1 aliphatic rings. The first kappa shape index (κ1) is 14.4. The number of esters is 1. The minimum atomic E-state index is -0.167. The molecule has 110 valence electrons. The van der Waals surface area contributed by atoms with E-state index in [2.05, 4.69) is 5.10 Å². The predicted octanol–water partition coefficient (Wildman–Crippen LogP) is 0.418. The Morgan fingerprint density at radius 3 is 2.60 bits per heavy atom. The highest BCUT2D eigenvalue weighted by atomic mass is 16.5. The largest absolute Gasteiger partial charge is 0.466 e. The average molecular weight is 280 g/mol. The van der Waals surface area contributed by atoms with Gasteiger partial charge in [0, 0.05) is 20.1 Å². The van der Waals surface area contributed by atoms with Crippen LogP contribution in [0.3, 0.4) is 0 Å². The van der Waals surface area contributed by atoms with E-state index in [1.54, 1.807) is 18.9 Å². The van der Waals surface area contributed by atoms with Crippen molar-refractivity contribution in [1.82, 2.24) is 14.7 Å². The zero-order valence-electron chi connectivity index (χ0n) is 11.8. The molecule has 1 aromatic rings. The first-order chi connectivity index (χ1) is 9.54. The summed E-state index contributed by atoms with van der Waals surface area (Å²) in [5.74, 6) is -0.410. The molecule has 0 spiro atoms. The monoisotopic (exact) mass is 280 g/mol. The van der Waals surface area contributed by atoms with Crippen molar-refractivity contribution in [2.24, 2.45) is 13.0 Å². The summed E-state index contributed by atoms with van der Waals surface area (Å²) in [5, 5.41) is 3.97. The molecule has 1 aliphatic heterocycles. The molecule has 20 heavy (non-hydrogen) atoms. The third-order valence-corrected chi connectivity index (χ3v) is 3.57. The van der Waals surface area contributed by atoms with E-state index < -0.39 is 0 Å². The zero-order valence-corrected chi connectivity index (χ0v) is 11.8. The predicted molar refractivity (Wildman–Crippen MR) is 72.9 cm³/mol. The number of anilines is 1. The molecule has 2 heterocycles. The van der Waals surface area contributed by atoms with Gasteiger partial charge in [-0.1, -0.05) is 0 Å². The van der Waals surface area contributed by atoms with Crippen LogP contribution in [0.5, 0.6) is 0 Å². The van der Waals surface area contributed by atoms with E-state index in [0.29, 0.717) is 43.9 Å². The summed E-state index contributed by atoms with van der Waals surface area (Å²) in [4.78, 5) is 25.7. The molecule has 0 unspecified atom stereocenters. The highest BCUT2D eigenvalue weighted by Crippen LogP contribution is 2.21. The molecule has 1 saturated heterocycles. The van der Waals surface area contributed by atoms with Gasteiger partial charge in [-0.15, -0.1) is 0 Å². The van der Waals surface area contributed by atoms with Crippen LogP contribution in [0.25, 0.3) is 0 Å². The van der Waals surface area contributed by atoms with Gasteiger partial charge in [0.1, 0.15) is 5.69 Å². The summed E-state index contributed by atoms with van der Waals surface area (Å²) in [6.45, 7) is 3.26. The Hall–Kier alpha value is -2.05. The maximum atomic E-state index is 12.4. The van der Waals surface area contributed by atoms with Gasteiger partial charge in [-0.2, -0.15) is 5.10 Å². The lowest BCUT2D eigenvalue weighted by Gasteiger charge is -2.30. The molecule has 7 heteroatoms. The molecule has 0 atom stereocenters. The summed E-state index contributed by atoms with van der Waals surface area (Å²) in [7, 11) is 1.69. The minimum Gasteiger partial charge on any atom is -0.466 e. The second-order valence-electron chi connectivity index (χ2n) is 4.89. The van der Waals surface area contributed by atoms with Gasteiger partial charge >= 0.3 is 5.97 Å². The number of likely N-dealkylation sites (tertiary alicyclic amines) is 1. The van der Waals surface area contributed by atoms with Crippen molar-refractivity contribution in [3.8, 4) is 0 Å². The highest BCUT2D eigenvalue weighted by molar-refractivity contribution is 5.97. The third kappa shape index (κ3) is 2.76. The average Bonchev–Trinajstić information content (AvgIpc) is 2.78. The van der Waals surface area contributed by atoms with E-state index in [4.69, 9.17) is 10.5 Å². The van der Waals surface area contributed by atoms with Crippen LogP contribution >= 0.6 is 0 Å². The Morgan fingerprint density at radius 1 is 1.45 bits per heavy atom. The summed E-state index contributed by atoms with van der Waals surface area (Å²) >= 11 is 0. The number of amides is 1. The number of nitrogens with two attached hydrogens (primary N) is 1. The van der Waals surface area contributed by atoms with Crippen LogP contribution in [0.4, 0.5) is 5.69 Å². The standard InChI is InChI=1S/C13H20N4O3/c1-3-20-13(19)9-4-6-17(7-5-9)12(18)11-10(14)8-15-16(11)2/h8-9H,3-7,14H2,1-2H3. The van der Waals surface area contributed by atoms with Crippen LogP contribution in [0.1, 0.15) is 30.3 Å². The van der Waals surface area contributed by atoms with Crippen LogP contribution in [0, 0.1) is 5.92 Å². The maximum Gasteiger partial charge on any atom is 0.309 e. The summed E-state index contributed by atoms with van der Waals surface area (Å²) in [5.41, 5.74) is 6.54. The number of ether oxygens (including phenoxy) is 1. The SMILES string of the molecule is CCOC(=O)C1CCN(C(=O)c2c(N)cnn2C)CC1. The molecule has 1 fully saturated rings. The molecule has 2 rings (SSSR count). The van der Waals surface area contributed by atoms with Crippen molar-refractivity contribution in [2.75, 3.05) is 25.4 Å². The molecule has 0 aromatic carbocycles. The number of nitrogen functional groups attached to an aromatic ring is 1. The van der Waals surface area contributed by atoms with Crippen molar-refractivity contribution < 1.29 is 14.3 Å². The second kappa shape index (κ2) is 5.94. The van der Waals surface area contributed by atoms with Crippen molar-refractivity contribution in [3.63, 3.8) is 0 Å². The van der Waals surface area contributed by atoms with E-state index in [1.807, 2.05) is 0 Å². The van der Waals surface area contributed by atoms with Crippen molar-refractivity contribution >= 4 is 17.6 Å². The lowest BCUT2D eigenvalue weighted by molar-refractivity contribution is -0.149. The zero-order chi connectivity index (χ0) is 14.7. The highest BCUT2D eigenvalue weighted by Gasteiger charge is 2.30. The Bertz CT molecular complexity index is 484. The fraction of sp³-hybridized carbons (Fsp3) is 0.615. The number of hydrogen-bond acceptors (Lipinski definition) is 5. The topological polar surface area (TPSA) is 90.4 Å². The number of hydrogen-bond donors (Lipinski definition) is 1. The van der Waals surface area contributed by atoms with E-state index in [0.717, 1.165) is 0 Å². The van der Waals surface area contributed by atoms with Gasteiger partial charge in [-0.25, -0.2) is 0 Å². The van der Waals surface area contributed by atoms with E-state index in [-0.39, 0.29) is 17.8 Å². The minimum absolute atomic E-state index is 0.108. The van der Waals surface area contributed by atoms with E-state index in [1.165, 1.54) is 10.9 Å². The molecule has 0 bridgehead atoms. The summed E-state index contributed by atoms with van der Waals surface area (Å²) in [6, 6.07) is 0. The second-order valence-corrected chi connectivity index (χ2v) is 4.89. The smallest absolute Gasteiger partial charge is 0.309 e. The molecule has 0 aliphatic carbocycles. The van der Waals surface area contributed by atoms with Gasteiger partial charge in [-0.05, 0) is 19.8 Å². The van der Waals surface area contributed by atoms with Gasteiger partial charge in [0.05, 0.1) is 24.4 Å². The number of piperidine rings is 1. The van der Waals surface area contributed by atoms with Crippen molar-refractivity contribution in [3.05, 3.63) is 11.9 Å². The van der Waals surface area contributed by atoms with Crippen molar-refractivity contribution in [2.45, 2.75) is 19.8 Å². The molecule has 1 amide bonds. The number of carbonyl (C=O) groups is 2. The van der Waals surface area contributed by atoms with Gasteiger partial charge in [0.2, 0.25) is 0 Å². The normalized spacial score (nSPS) is 16.2. The van der Waals surface area contributed by atoms with E-state index in [9.17, 15) is 9.59 Å². The molecular weight excluding hydrogens is 260 g/mol. The van der Waals surface area contributed by atoms with Crippen LogP contribution in [0.2, 0.25) is 0 Å². The molecular formula is C13H20N4O3. The van der Waals surface area contributed by atoms with Crippen molar-refractivity contribution in [1.29, 1.82) is 0 Å². The quantitative estimate of drug-likeness (QED) is 0.810. The summed E-state index contributed by atoms with van der Waals surface area (Å²) in [6.07, 6.45) is 2.73. The molecule has 2 N–H and O–H groups in total. The third-order valence-electron chi connectivity index (χ3n) is 3.57. The Morgan fingerprint density at radius 2 is 2.10 bits per heavy atom. The summed E-state index contributed by atoms with van der Waals surface area (Å²) < 4.78 is 6.49. The van der Waals surface area contributed by atoms with Crippen LogP contribution in [-0.2, 0) is 16.6 Å². The fourth-order valence-corrected chi connectivity index (χ4v) is 2.44. The van der Waals surface area contributed by atoms with Gasteiger partial charge in [-0.3, -0.25) is 14.3 Å². The Labute approximate surface area is 117 Å². The van der Waals surface area contributed by atoms with Crippen LogP contribution in [0.15, 0.2) is 6.20 Å². The first-order valence-corrected chi connectivity index (χ1v) is 6.78. The lowest BCUT2D eigenvalue weighted by Crippen LogP contribution is -2.41. The van der Waals surface area contributed by atoms with E-state index >= 15 is 0 Å². The number of nitrogens with zero attached hydrogens (tertiary/aromatic N) is 3. The van der Waals surface area contributed by atoms with Gasteiger partial charge in [0.15, 0.2) is 0 Å². The fourth-order valence-electron chi connectivity index (χ4n) is 2.44. The number of aryl methyl sites for hydroxylation is 1. The molecule has 0 saturated carbocycles. The Balaban J connectivity index is 1.97. The molecule has 0 radical (unpaired) electrons. The van der Waals surface area contributed by atoms with Gasteiger partial charge < -0.3 is 15.4 Å². The number of carbonyl (C=O) groups excluding carboxylic acids is 2. The number of aromatic nitrogens is 2. The van der Waals surface area contributed by atoms with Crippen LogP contribution < -0.4 is 5.73 Å². The van der Waals surface area contributed by atoms with Gasteiger partial charge in [0.25, 0.3) is 5.91 Å². The lowest BCUT2D eigenvalue weighted by atomic mass is 9.97. The van der Waals surface area contributed by atoms with Crippen LogP contribution in [-0.4, -0.2) is 46.3 Å². The first-order valence-electron chi connectivity index (χ1n) is 6.78. The Kier molecular flexibility index (Phi) is 4.26. The maximum absolute atomic E-state index is 12.4. The molecule has 1 aromatic heterocycles. The molecule has 7 nitrogen and oxygen atoms in total. The number of rotatable bonds is 3.